The van der Waals surface area contributed by atoms with Crippen molar-refractivity contribution in [2.75, 3.05) is 0 Å². The molecule has 0 unspecified atom stereocenters. The van der Waals surface area contributed by atoms with Gasteiger partial charge in [0.25, 0.3) is 0 Å². The van der Waals surface area contributed by atoms with Crippen molar-refractivity contribution < 1.29 is 8.78 Å². The number of hydrogen-bond acceptors (Lipinski definition) is 4. The van der Waals surface area contributed by atoms with Crippen molar-refractivity contribution in [3.8, 4) is 5.69 Å². The minimum atomic E-state index is -0.545. The van der Waals surface area contributed by atoms with Crippen LogP contribution in [0.4, 0.5) is 8.78 Å². The molecule has 2 saturated carbocycles. The third-order valence-electron chi connectivity index (χ3n) is 5.60. The summed E-state index contributed by atoms with van der Waals surface area (Å²) in [6.07, 6.45) is 4.96. The second kappa shape index (κ2) is 6.17. The first-order valence-electron chi connectivity index (χ1n) is 9.91. The maximum Gasteiger partial charge on any atom is 0.150 e. The van der Waals surface area contributed by atoms with Crippen LogP contribution in [0.1, 0.15) is 54.6 Å². The van der Waals surface area contributed by atoms with Gasteiger partial charge >= 0.3 is 0 Å². The summed E-state index contributed by atoms with van der Waals surface area (Å²) in [6.45, 7) is 0. The first kappa shape index (κ1) is 16.8. The van der Waals surface area contributed by atoms with Crippen molar-refractivity contribution in [2.24, 2.45) is 0 Å². The van der Waals surface area contributed by atoms with E-state index >= 15 is 0 Å². The Morgan fingerprint density at radius 2 is 1.83 bits per heavy atom. The summed E-state index contributed by atoms with van der Waals surface area (Å²) in [5.41, 5.74) is 4.71. The zero-order valence-electron chi connectivity index (χ0n) is 15.6. The van der Waals surface area contributed by atoms with E-state index in [9.17, 15) is 8.78 Å². The second-order valence-electron chi connectivity index (χ2n) is 7.96. The summed E-state index contributed by atoms with van der Waals surface area (Å²) >= 11 is 0. The standard InChI is InChI=1S/C21H18F2N6/c22-14-4-7-16(23)19(11-14)29-25-18(21(26-29)13-2-3-13)9-12-1-8-17-20(10-12)28(27-24-17)15-5-6-15/h1,4,7-8,10-11,13,15H,2-3,5-6,9H2. The fraction of sp³-hybridized carbons (Fsp3) is 0.333. The van der Waals surface area contributed by atoms with Crippen LogP contribution in [0.25, 0.3) is 16.7 Å². The second-order valence-corrected chi connectivity index (χ2v) is 7.96. The van der Waals surface area contributed by atoms with Crippen LogP contribution >= 0.6 is 0 Å². The molecule has 0 spiro atoms. The Labute approximate surface area is 165 Å². The summed E-state index contributed by atoms with van der Waals surface area (Å²) in [4.78, 5) is 1.23. The number of rotatable bonds is 5. The van der Waals surface area contributed by atoms with Gasteiger partial charge < -0.3 is 0 Å². The molecule has 29 heavy (non-hydrogen) atoms. The van der Waals surface area contributed by atoms with Crippen LogP contribution in [-0.4, -0.2) is 30.0 Å². The minimum absolute atomic E-state index is 0.0320. The van der Waals surface area contributed by atoms with Gasteiger partial charge in [-0.1, -0.05) is 11.3 Å². The zero-order chi connectivity index (χ0) is 19.5. The van der Waals surface area contributed by atoms with Crippen LogP contribution in [-0.2, 0) is 6.42 Å². The van der Waals surface area contributed by atoms with Crippen molar-refractivity contribution in [1.29, 1.82) is 0 Å². The van der Waals surface area contributed by atoms with E-state index in [-0.39, 0.29) is 5.69 Å². The molecule has 0 N–H and O–H groups in total. The molecule has 2 aliphatic carbocycles. The summed E-state index contributed by atoms with van der Waals surface area (Å²) in [5.74, 6) is -0.714. The van der Waals surface area contributed by atoms with Crippen LogP contribution in [0.5, 0.6) is 0 Å². The fourth-order valence-electron chi connectivity index (χ4n) is 3.77. The van der Waals surface area contributed by atoms with Crippen molar-refractivity contribution in [1.82, 2.24) is 30.0 Å². The van der Waals surface area contributed by atoms with E-state index in [1.165, 1.54) is 4.80 Å². The molecular weight excluding hydrogens is 374 g/mol. The summed E-state index contributed by atoms with van der Waals surface area (Å²) in [7, 11) is 0. The lowest BCUT2D eigenvalue weighted by Crippen LogP contribution is -2.03. The third-order valence-corrected chi connectivity index (χ3v) is 5.60. The maximum absolute atomic E-state index is 14.2. The molecule has 0 aliphatic heterocycles. The van der Waals surface area contributed by atoms with Crippen molar-refractivity contribution in [2.45, 2.75) is 44.1 Å². The van der Waals surface area contributed by atoms with E-state index < -0.39 is 11.6 Å². The van der Waals surface area contributed by atoms with Gasteiger partial charge in [-0.05, 0) is 55.5 Å². The van der Waals surface area contributed by atoms with Crippen LogP contribution < -0.4 is 0 Å². The molecule has 8 heteroatoms. The average Bonchev–Trinajstić information content (AvgIpc) is 3.65. The van der Waals surface area contributed by atoms with Crippen LogP contribution in [0.15, 0.2) is 36.4 Å². The Morgan fingerprint density at radius 1 is 0.966 bits per heavy atom. The molecule has 2 aromatic carbocycles. The van der Waals surface area contributed by atoms with E-state index in [1.807, 2.05) is 16.8 Å². The van der Waals surface area contributed by atoms with E-state index in [1.54, 1.807) is 0 Å². The lowest BCUT2D eigenvalue weighted by atomic mass is 10.1. The Bertz CT molecular complexity index is 1240. The largest absolute Gasteiger partial charge is 0.242 e. The first-order chi connectivity index (χ1) is 14.2. The molecule has 0 bridgehead atoms. The van der Waals surface area contributed by atoms with Gasteiger partial charge in [-0.15, -0.1) is 9.90 Å². The van der Waals surface area contributed by atoms with Crippen LogP contribution in [0.3, 0.4) is 0 Å². The topological polar surface area (TPSA) is 61.4 Å². The molecule has 2 heterocycles. The molecule has 0 radical (unpaired) electrons. The van der Waals surface area contributed by atoms with Crippen molar-refractivity contribution >= 4 is 11.0 Å². The Kier molecular flexibility index (Phi) is 3.57. The summed E-state index contributed by atoms with van der Waals surface area (Å²) in [5, 5.41) is 17.6. The highest BCUT2D eigenvalue weighted by Crippen LogP contribution is 2.41. The van der Waals surface area contributed by atoms with Crippen LogP contribution in [0.2, 0.25) is 0 Å². The minimum Gasteiger partial charge on any atom is -0.242 e. The van der Waals surface area contributed by atoms with Crippen molar-refractivity contribution in [3.63, 3.8) is 0 Å². The number of halogens is 2. The molecule has 0 amide bonds. The summed E-state index contributed by atoms with van der Waals surface area (Å²) < 4.78 is 29.9. The first-order valence-corrected chi connectivity index (χ1v) is 9.91. The van der Waals surface area contributed by atoms with E-state index in [0.29, 0.717) is 18.4 Å². The molecule has 2 aliphatic rings. The maximum atomic E-state index is 14.2. The van der Waals surface area contributed by atoms with Gasteiger partial charge in [0.2, 0.25) is 0 Å². The average molecular weight is 392 g/mol. The molecule has 2 aromatic heterocycles. The lowest BCUT2D eigenvalue weighted by molar-refractivity contribution is 0.574. The number of hydrogen-bond donors (Lipinski definition) is 0. The molecule has 6 nitrogen and oxygen atoms in total. The molecule has 6 rings (SSSR count). The Balaban J connectivity index is 1.39. The van der Waals surface area contributed by atoms with Gasteiger partial charge in [-0.25, -0.2) is 13.5 Å². The Hall–Kier alpha value is -3.16. The van der Waals surface area contributed by atoms with Gasteiger partial charge in [0.1, 0.15) is 17.0 Å². The van der Waals surface area contributed by atoms with Crippen molar-refractivity contribution in [3.05, 3.63) is 65.0 Å². The number of nitrogens with zero attached hydrogens (tertiary/aromatic N) is 6. The molecule has 146 valence electrons. The van der Waals surface area contributed by atoms with E-state index in [2.05, 4.69) is 26.6 Å². The monoisotopic (exact) mass is 392 g/mol. The van der Waals surface area contributed by atoms with E-state index in [4.69, 9.17) is 0 Å². The highest BCUT2D eigenvalue weighted by Gasteiger charge is 2.31. The molecule has 2 fully saturated rings. The molecular formula is C21H18F2N6. The summed E-state index contributed by atoms with van der Waals surface area (Å²) in [6, 6.07) is 9.88. The molecule has 4 aromatic rings. The van der Waals surface area contributed by atoms with E-state index in [0.717, 1.165) is 71.9 Å². The predicted molar refractivity (Wildman–Crippen MR) is 102 cm³/mol. The fourth-order valence-corrected chi connectivity index (χ4v) is 3.77. The number of benzene rings is 2. The van der Waals surface area contributed by atoms with Gasteiger partial charge in [0.15, 0.2) is 5.82 Å². The molecule has 0 atom stereocenters. The Morgan fingerprint density at radius 3 is 2.62 bits per heavy atom. The van der Waals surface area contributed by atoms with Gasteiger partial charge in [-0.2, -0.15) is 10.2 Å². The smallest absolute Gasteiger partial charge is 0.150 e. The molecule has 0 saturated heterocycles. The number of fused-ring (bicyclic) bond motifs is 1. The van der Waals surface area contributed by atoms with Gasteiger partial charge in [-0.3, -0.25) is 0 Å². The lowest BCUT2D eigenvalue weighted by Gasteiger charge is -2.03. The van der Waals surface area contributed by atoms with Gasteiger partial charge in [0.05, 0.1) is 22.9 Å². The third kappa shape index (κ3) is 2.99. The number of aromatic nitrogens is 6. The quantitative estimate of drug-likeness (QED) is 0.513. The normalized spacial score (nSPS) is 16.6. The SMILES string of the molecule is Fc1ccc(F)c(-n2nc(Cc3ccc4nnn(C5CC5)c4c3)c(C3CC3)n2)c1. The highest BCUT2D eigenvalue weighted by atomic mass is 19.1. The highest BCUT2D eigenvalue weighted by molar-refractivity contribution is 5.75. The predicted octanol–water partition coefficient (Wildman–Crippen LogP) is 4.09. The zero-order valence-corrected chi connectivity index (χ0v) is 15.6. The van der Waals surface area contributed by atoms with Crippen LogP contribution in [0, 0.1) is 11.6 Å². The van der Waals surface area contributed by atoms with Gasteiger partial charge in [0, 0.05) is 18.4 Å².